The summed E-state index contributed by atoms with van der Waals surface area (Å²) in [4.78, 5) is 48.0. The standard InChI is InChI=1S/C22H25N3O4S3/c1-5-29-21(28)16-11(3)12(4)31-19(16)23-15(26)9-30-22-24-18(27)17-13-7-6-10(2)8-14(13)32-20(17)25-22/h10H,5-9H2,1-4H3,(H,23,26)(H,24,25,27). The van der Waals surface area contributed by atoms with Crippen molar-refractivity contribution in [3.05, 3.63) is 36.8 Å². The topological polar surface area (TPSA) is 101 Å². The summed E-state index contributed by atoms with van der Waals surface area (Å²) in [5.74, 6) is -0.0285. The number of aromatic nitrogens is 2. The van der Waals surface area contributed by atoms with Crippen LogP contribution in [0.3, 0.4) is 0 Å². The van der Waals surface area contributed by atoms with Crippen LogP contribution in [0.15, 0.2) is 9.95 Å². The molecule has 0 aromatic carbocycles. The van der Waals surface area contributed by atoms with Gasteiger partial charge >= 0.3 is 5.97 Å². The van der Waals surface area contributed by atoms with E-state index in [1.165, 1.54) is 28.0 Å². The molecule has 170 valence electrons. The minimum Gasteiger partial charge on any atom is -0.462 e. The van der Waals surface area contributed by atoms with Gasteiger partial charge in [0.25, 0.3) is 5.56 Å². The summed E-state index contributed by atoms with van der Waals surface area (Å²) < 4.78 is 5.13. The number of carbonyl (C=O) groups excluding carboxylic acids is 2. The number of thioether (sulfide) groups is 1. The third-order valence-corrected chi connectivity index (χ3v) is 8.75. The van der Waals surface area contributed by atoms with Crippen molar-refractivity contribution in [1.82, 2.24) is 9.97 Å². The molecule has 3 aromatic rings. The second kappa shape index (κ2) is 9.36. The molecule has 32 heavy (non-hydrogen) atoms. The van der Waals surface area contributed by atoms with Gasteiger partial charge in [-0.1, -0.05) is 18.7 Å². The molecule has 0 aliphatic heterocycles. The number of amides is 1. The Morgan fingerprint density at radius 1 is 1.31 bits per heavy atom. The minimum absolute atomic E-state index is 0.0643. The number of hydrogen-bond donors (Lipinski definition) is 2. The Hall–Kier alpha value is -2.17. The van der Waals surface area contributed by atoms with Crippen molar-refractivity contribution < 1.29 is 14.3 Å². The highest BCUT2D eigenvalue weighted by atomic mass is 32.2. The smallest absolute Gasteiger partial charge is 0.341 e. The Labute approximate surface area is 198 Å². The lowest BCUT2D eigenvalue weighted by molar-refractivity contribution is -0.113. The molecular weight excluding hydrogens is 466 g/mol. The Kier molecular flexibility index (Phi) is 6.73. The summed E-state index contributed by atoms with van der Waals surface area (Å²) >= 11 is 4.11. The fourth-order valence-corrected chi connectivity index (χ4v) is 7.02. The van der Waals surface area contributed by atoms with Gasteiger partial charge in [-0.2, -0.15) is 0 Å². The predicted molar refractivity (Wildman–Crippen MR) is 131 cm³/mol. The van der Waals surface area contributed by atoms with Gasteiger partial charge in [-0.05, 0) is 57.1 Å². The van der Waals surface area contributed by atoms with Gasteiger partial charge in [0.05, 0.1) is 23.3 Å². The largest absolute Gasteiger partial charge is 0.462 e. The molecule has 3 aromatic heterocycles. The monoisotopic (exact) mass is 491 g/mol. The number of aromatic amines is 1. The molecule has 1 aliphatic carbocycles. The maximum Gasteiger partial charge on any atom is 0.341 e. The summed E-state index contributed by atoms with van der Waals surface area (Å²) in [5.41, 5.74) is 2.21. The lowest BCUT2D eigenvalue weighted by atomic mass is 9.89. The van der Waals surface area contributed by atoms with Crippen LogP contribution in [0.2, 0.25) is 0 Å². The van der Waals surface area contributed by atoms with Crippen LogP contribution >= 0.6 is 34.4 Å². The van der Waals surface area contributed by atoms with E-state index in [1.54, 1.807) is 18.3 Å². The number of thiophene rings is 2. The highest BCUT2D eigenvalue weighted by Crippen LogP contribution is 2.36. The maximum absolute atomic E-state index is 12.7. The van der Waals surface area contributed by atoms with Gasteiger partial charge in [-0.15, -0.1) is 22.7 Å². The van der Waals surface area contributed by atoms with Crippen LogP contribution in [0.1, 0.15) is 51.5 Å². The summed E-state index contributed by atoms with van der Waals surface area (Å²) in [7, 11) is 0. The highest BCUT2D eigenvalue weighted by Gasteiger charge is 2.24. The molecule has 4 rings (SSSR count). The lowest BCUT2D eigenvalue weighted by Gasteiger charge is -2.17. The van der Waals surface area contributed by atoms with Gasteiger partial charge in [0.1, 0.15) is 9.83 Å². The van der Waals surface area contributed by atoms with E-state index in [2.05, 4.69) is 22.2 Å². The van der Waals surface area contributed by atoms with E-state index in [0.29, 0.717) is 27.0 Å². The molecule has 0 radical (unpaired) electrons. The maximum atomic E-state index is 12.7. The number of hydrogen-bond acceptors (Lipinski definition) is 8. The minimum atomic E-state index is -0.440. The third-order valence-electron chi connectivity index (χ3n) is 5.60. The molecule has 7 nitrogen and oxygen atoms in total. The Bertz CT molecular complexity index is 1260. The molecule has 0 saturated carbocycles. The fraction of sp³-hybridized carbons (Fsp3) is 0.455. The second-order valence-corrected chi connectivity index (χ2v) is 11.2. The van der Waals surface area contributed by atoms with E-state index in [0.717, 1.165) is 40.1 Å². The van der Waals surface area contributed by atoms with Gasteiger partial charge in [-0.3, -0.25) is 9.59 Å². The predicted octanol–water partition coefficient (Wildman–Crippen LogP) is 4.70. The first kappa shape index (κ1) is 23.0. The SMILES string of the molecule is CCOC(=O)c1c(NC(=O)CSc2nc3sc4c(c3c(=O)[nH]2)CCC(C)C4)sc(C)c1C. The summed E-state index contributed by atoms with van der Waals surface area (Å²) in [5, 5.41) is 4.43. The van der Waals surface area contributed by atoms with Crippen LogP contribution in [0.25, 0.3) is 10.2 Å². The molecule has 1 unspecified atom stereocenters. The van der Waals surface area contributed by atoms with E-state index in [-0.39, 0.29) is 23.8 Å². The van der Waals surface area contributed by atoms with Gasteiger partial charge < -0.3 is 15.0 Å². The van der Waals surface area contributed by atoms with E-state index in [9.17, 15) is 14.4 Å². The molecule has 1 atom stereocenters. The number of fused-ring (bicyclic) bond motifs is 3. The molecule has 3 heterocycles. The van der Waals surface area contributed by atoms with Crippen molar-refractivity contribution in [2.24, 2.45) is 5.92 Å². The average Bonchev–Trinajstić information content (AvgIpc) is 3.23. The van der Waals surface area contributed by atoms with E-state index in [1.807, 2.05) is 13.8 Å². The van der Waals surface area contributed by atoms with Gasteiger partial charge in [-0.25, -0.2) is 9.78 Å². The Morgan fingerprint density at radius 3 is 2.84 bits per heavy atom. The van der Waals surface area contributed by atoms with Crippen LogP contribution in [0, 0.1) is 19.8 Å². The van der Waals surface area contributed by atoms with Crippen molar-refractivity contribution >= 4 is 61.5 Å². The number of nitrogens with zero attached hydrogens (tertiary/aromatic N) is 1. The first-order chi connectivity index (χ1) is 15.3. The van der Waals surface area contributed by atoms with Crippen LogP contribution in [0.4, 0.5) is 5.00 Å². The summed E-state index contributed by atoms with van der Waals surface area (Å²) in [6, 6.07) is 0. The normalized spacial score (nSPS) is 15.6. The first-order valence-electron chi connectivity index (χ1n) is 10.5. The summed E-state index contributed by atoms with van der Waals surface area (Å²) in [6.45, 7) is 7.99. The Balaban J connectivity index is 1.49. The van der Waals surface area contributed by atoms with Crippen molar-refractivity contribution in [2.45, 2.75) is 52.1 Å². The number of anilines is 1. The van der Waals surface area contributed by atoms with E-state index < -0.39 is 5.97 Å². The number of nitrogens with one attached hydrogen (secondary N) is 2. The molecule has 0 fully saturated rings. The first-order valence-corrected chi connectivity index (χ1v) is 13.1. The van der Waals surface area contributed by atoms with E-state index in [4.69, 9.17) is 4.74 Å². The zero-order valence-corrected chi connectivity index (χ0v) is 20.9. The number of aryl methyl sites for hydroxylation is 2. The molecule has 0 spiro atoms. The molecule has 0 saturated heterocycles. The van der Waals surface area contributed by atoms with Crippen molar-refractivity contribution in [3.8, 4) is 0 Å². The van der Waals surface area contributed by atoms with Gasteiger partial charge in [0, 0.05) is 9.75 Å². The molecule has 0 bridgehead atoms. The van der Waals surface area contributed by atoms with E-state index >= 15 is 0 Å². The van der Waals surface area contributed by atoms with Crippen molar-refractivity contribution in [3.63, 3.8) is 0 Å². The van der Waals surface area contributed by atoms with Gasteiger partial charge in [0.15, 0.2) is 5.16 Å². The highest BCUT2D eigenvalue weighted by molar-refractivity contribution is 7.99. The quantitative estimate of drug-likeness (QED) is 0.295. The lowest BCUT2D eigenvalue weighted by Crippen LogP contribution is -2.17. The van der Waals surface area contributed by atoms with Crippen LogP contribution in [-0.2, 0) is 22.4 Å². The fourth-order valence-electron chi connectivity index (χ4n) is 3.86. The third kappa shape index (κ3) is 4.49. The zero-order valence-electron chi connectivity index (χ0n) is 18.4. The van der Waals surface area contributed by atoms with Crippen LogP contribution in [-0.4, -0.2) is 34.2 Å². The van der Waals surface area contributed by atoms with Crippen molar-refractivity contribution in [2.75, 3.05) is 17.7 Å². The number of carbonyl (C=O) groups is 2. The number of H-pyrrole nitrogens is 1. The Morgan fingerprint density at radius 2 is 2.09 bits per heavy atom. The molecular formula is C22H25N3O4S3. The number of ether oxygens (including phenoxy) is 1. The second-order valence-electron chi connectivity index (χ2n) is 7.95. The van der Waals surface area contributed by atoms with Crippen molar-refractivity contribution in [1.29, 1.82) is 0 Å². The van der Waals surface area contributed by atoms with Gasteiger partial charge in [0.2, 0.25) is 5.91 Å². The number of esters is 1. The number of rotatable bonds is 6. The molecule has 2 N–H and O–H groups in total. The molecule has 10 heteroatoms. The average molecular weight is 492 g/mol. The zero-order chi connectivity index (χ0) is 23.0. The summed E-state index contributed by atoms with van der Waals surface area (Å²) in [6.07, 6.45) is 2.99. The van der Waals surface area contributed by atoms with Crippen LogP contribution < -0.4 is 10.9 Å². The molecule has 1 amide bonds. The molecule has 1 aliphatic rings. The van der Waals surface area contributed by atoms with Crippen LogP contribution in [0.5, 0.6) is 0 Å².